The topological polar surface area (TPSA) is 69.0 Å². The number of ether oxygens (including phenoxy) is 1. The molecule has 0 spiro atoms. The molecule has 0 atom stereocenters. The molecule has 1 aromatic carbocycles. The van der Waals surface area contributed by atoms with Crippen molar-refractivity contribution in [1.82, 2.24) is 14.8 Å². The second-order valence-corrected chi connectivity index (χ2v) is 7.33. The monoisotopic (exact) mass is 392 g/mol. The number of hydrogen-bond donors (Lipinski definition) is 1. The minimum absolute atomic E-state index is 0.180. The highest BCUT2D eigenvalue weighted by atomic mass is 32.1. The van der Waals surface area contributed by atoms with E-state index >= 15 is 0 Å². The lowest BCUT2D eigenvalue weighted by Crippen LogP contribution is -2.12. The number of anilines is 1. The lowest BCUT2D eigenvalue weighted by atomic mass is 10.2. The number of nitrogens with one attached hydrogen (secondary N) is 1. The van der Waals surface area contributed by atoms with Gasteiger partial charge in [-0.25, -0.2) is 4.98 Å². The first-order valence-corrected chi connectivity index (χ1v) is 9.87. The molecule has 7 heteroatoms. The van der Waals surface area contributed by atoms with Gasteiger partial charge in [-0.3, -0.25) is 9.48 Å². The summed E-state index contributed by atoms with van der Waals surface area (Å²) in [6, 6.07) is 15.6. The SMILES string of the molecule is CCOc1ncccc1NC(=O)c1cc2c(C)nn(Cc3ccccc3)c2s1. The number of benzene rings is 1. The molecule has 4 rings (SSSR count). The van der Waals surface area contributed by atoms with Crippen LogP contribution >= 0.6 is 11.3 Å². The van der Waals surface area contributed by atoms with E-state index in [2.05, 4.69) is 27.5 Å². The minimum atomic E-state index is -0.180. The van der Waals surface area contributed by atoms with Gasteiger partial charge in [0, 0.05) is 11.6 Å². The van der Waals surface area contributed by atoms with Gasteiger partial charge in [0.1, 0.15) is 10.5 Å². The Kier molecular flexibility index (Phi) is 5.08. The summed E-state index contributed by atoms with van der Waals surface area (Å²) in [7, 11) is 0. The summed E-state index contributed by atoms with van der Waals surface area (Å²) in [5.74, 6) is 0.242. The number of aromatic nitrogens is 3. The highest BCUT2D eigenvalue weighted by Crippen LogP contribution is 2.30. The van der Waals surface area contributed by atoms with Crippen molar-refractivity contribution in [2.24, 2.45) is 0 Å². The van der Waals surface area contributed by atoms with Crippen LogP contribution in [0.1, 0.15) is 27.9 Å². The third kappa shape index (κ3) is 3.61. The molecule has 0 aliphatic heterocycles. The minimum Gasteiger partial charge on any atom is -0.476 e. The van der Waals surface area contributed by atoms with E-state index in [9.17, 15) is 4.79 Å². The Morgan fingerprint density at radius 3 is 2.82 bits per heavy atom. The van der Waals surface area contributed by atoms with Crippen molar-refractivity contribution in [3.8, 4) is 5.88 Å². The molecule has 28 heavy (non-hydrogen) atoms. The van der Waals surface area contributed by atoms with Gasteiger partial charge in [-0.05, 0) is 37.6 Å². The van der Waals surface area contributed by atoms with Gasteiger partial charge in [0.2, 0.25) is 5.88 Å². The number of carbonyl (C=O) groups excluding carboxylic acids is 1. The van der Waals surface area contributed by atoms with Crippen molar-refractivity contribution in [3.63, 3.8) is 0 Å². The molecule has 0 fully saturated rings. The number of carbonyl (C=O) groups is 1. The van der Waals surface area contributed by atoms with E-state index in [-0.39, 0.29) is 5.91 Å². The number of pyridine rings is 1. The summed E-state index contributed by atoms with van der Waals surface area (Å²) in [6.07, 6.45) is 1.64. The van der Waals surface area contributed by atoms with E-state index in [0.717, 1.165) is 15.9 Å². The second kappa shape index (κ2) is 7.82. The van der Waals surface area contributed by atoms with Crippen LogP contribution < -0.4 is 10.1 Å². The number of aryl methyl sites for hydroxylation is 1. The quantitative estimate of drug-likeness (QED) is 0.524. The van der Waals surface area contributed by atoms with Gasteiger partial charge in [-0.2, -0.15) is 5.10 Å². The zero-order chi connectivity index (χ0) is 19.5. The third-order valence-corrected chi connectivity index (χ3v) is 5.45. The average Bonchev–Trinajstić information content (AvgIpc) is 3.26. The maximum absolute atomic E-state index is 12.8. The molecule has 0 radical (unpaired) electrons. The Balaban J connectivity index is 1.61. The van der Waals surface area contributed by atoms with Crippen molar-refractivity contribution in [1.29, 1.82) is 0 Å². The largest absolute Gasteiger partial charge is 0.476 e. The molecular weight excluding hydrogens is 372 g/mol. The molecule has 0 aliphatic rings. The maximum Gasteiger partial charge on any atom is 0.265 e. The number of rotatable bonds is 6. The molecule has 4 aromatic rings. The Hall–Kier alpha value is -3.19. The van der Waals surface area contributed by atoms with E-state index in [4.69, 9.17) is 4.74 Å². The van der Waals surface area contributed by atoms with Crippen molar-refractivity contribution >= 4 is 33.1 Å². The van der Waals surface area contributed by atoms with E-state index < -0.39 is 0 Å². The summed E-state index contributed by atoms with van der Waals surface area (Å²) >= 11 is 1.44. The van der Waals surface area contributed by atoms with Gasteiger partial charge < -0.3 is 10.1 Å². The molecule has 0 saturated heterocycles. The molecule has 0 aliphatic carbocycles. The predicted octanol–water partition coefficient (Wildman–Crippen LogP) is 4.50. The fourth-order valence-corrected chi connectivity index (χ4v) is 4.07. The lowest BCUT2D eigenvalue weighted by molar-refractivity contribution is 0.103. The molecule has 3 heterocycles. The molecule has 3 aromatic heterocycles. The normalized spacial score (nSPS) is 10.9. The van der Waals surface area contributed by atoms with Crippen LogP contribution in [-0.2, 0) is 6.54 Å². The van der Waals surface area contributed by atoms with Crippen LogP contribution in [0, 0.1) is 6.92 Å². The number of amides is 1. The summed E-state index contributed by atoms with van der Waals surface area (Å²) in [4.78, 5) is 18.6. The molecule has 0 saturated carbocycles. The lowest BCUT2D eigenvalue weighted by Gasteiger charge is -2.09. The van der Waals surface area contributed by atoms with E-state index in [0.29, 0.717) is 29.6 Å². The van der Waals surface area contributed by atoms with Gasteiger partial charge in [-0.1, -0.05) is 30.3 Å². The fourth-order valence-electron chi connectivity index (χ4n) is 3.01. The zero-order valence-corrected chi connectivity index (χ0v) is 16.5. The van der Waals surface area contributed by atoms with E-state index in [1.54, 1.807) is 18.3 Å². The average molecular weight is 392 g/mol. The van der Waals surface area contributed by atoms with E-state index in [1.807, 2.05) is 42.8 Å². The highest BCUT2D eigenvalue weighted by Gasteiger charge is 2.18. The summed E-state index contributed by atoms with van der Waals surface area (Å²) < 4.78 is 7.44. The van der Waals surface area contributed by atoms with Crippen LogP contribution in [0.25, 0.3) is 10.2 Å². The first kappa shape index (κ1) is 18.2. The van der Waals surface area contributed by atoms with Crippen molar-refractivity contribution in [2.45, 2.75) is 20.4 Å². The Morgan fingerprint density at radius 2 is 2.04 bits per heavy atom. The molecule has 142 valence electrons. The van der Waals surface area contributed by atoms with Crippen LogP contribution in [-0.4, -0.2) is 27.3 Å². The molecular formula is C21H20N4O2S. The zero-order valence-electron chi connectivity index (χ0n) is 15.7. The van der Waals surface area contributed by atoms with E-state index in [1.165, 1.54) is 16.9 Å². The smallest absolute Gasteiger partial charge is 0.265 e. The summed E-state index contributed by atoms with van der Waals surface area (Å²) in [5, 5.41) is 8.54. The molecule has 0 bridgehead atoms. The summed E-state index contributed by atoms with van der Waals surface area (Å²) in [6.45, 7) is 5.00. The molecule has 6 nitrogen and oxygen atoms in total. The molecule has 0 unspecified atom stereocenters. The second-order valence-electron chi connectivity index (χ2n) is 6.30. The Bertz CT molecular complexity index is 1120. The number of nitrogens with zero attached hydrogens (tertiary/aromatic N) is 3. The van der Waals surface area contributed by atoms with Gasteiger partial charge in [-0.15, -0.1) is 11.3 Å². The Labute approximate surface area is 166 Å². The van der Waals surface area contributed by atoms with Crippen LogP contribution in [0.4, 0.5) is 5.69 Å². The summed E-state index contributed by atoms with van der Waals surface area (Å²) in [5.41, 5.74) is 2.65. The number of fused-ring (bicyclic) bond motifs is 1. The highest BCUT2D eigenvalue weighted by molar-refractivity contribution is 7.20. The number of thiophene rings is 1. The van der Waals surface area contributed by atoms with Gasteiger partial charge in [0.05, 0.1) is 23.7 Å². The predicted molar refractivity (Wildman–Crippen MR) is 111 cm³/mol. The van der Waals surface area contributed by atoms with Crippen molar-refractivity contribution in [3.05, 3.63) is 70.9 Å². The van der Waals surface area contributed by atoms with Crippen LogP contribution in [0.2, 0.25) is 0 Å². The first-order valence-electron chi connectivity index (χ1n) is 9.05. The Morgan fingerprint density at radius 1 is 1.21 bits per heavy atom. The third-order valence-electron chi connectivity index (χ3n) is 4.31. The van der Waals surface area contributed by atoms with Crippen LogP contribution in [0.5, 0.6) is 5.88 Å². The molecule has 1 amide bonds. The first-order chi connectivity index (χ1) is 13.7. The number of hydrogen-bond acceptors (Lipinski definition) is 5. The maximum atomic E-state index is 12.8. The fraction of sp³-hybridized carbons (Fsp3) is 0.190. The van der Waals surface area contributed by atoms with Gasteiger partial charge in [0.25, 0.3) is 5.91 Å². The molecule has 1 N–H and O–H groups in total. The van der Waals surface area contributed by atoms with Crippen molar-refractivity contribution in [2.75, 3.05) is 11.9 Å². The van der Waals surface area contributed by atoms with Crippen LogP contribution in [0.15, 0.2) is 54.7 Å². The van der Waals surface area contributed by atoms with Crippen LogP contribution in [0.3, 0.4) is 0 Å². The van der Waals surface area contributed by atoms with Gasteiger partial charge in [0.15, 0.2) is 0 Å². The van der Waals surface area contributed by atoms with Crippen molar-refractivity contribution < 1.29 is 9.53 Å². The standard InChI is InChI=1S/C21H20N4O2S/c1-3-27-20-17(10-7-11-22-20)23-19(26)18-12-16-14(2)24-25(21(16)28-18)13-15-8-5-4-6-9-15/h4-12H,3,13H2,1-2H3,(H,23,26). The van der Waals surface area contributed by atoms with Gasteiger partial charge >= 0.3 is 0 Å².